The molecule has 3 nitrogen and oxygen atoms in total. The van der Waals surface area contributed by atoms with Crippen LogP contribution in [-0.2, 0) is 39.9 Å². The quantitative estimate of drug-likeness (QED) is 0.166. The van der Waals surface area contributed by atoms with Gasteiger partial charge in [0.1, 0.15) is 11.5 Å². The van der Waals surface area contributed by atoms with Gasteiger partial charge in [0.2, 0.25) is 0 Å². The average molecular weight is 704 g/mol. The predicted molar refractivity (Wildman–Crippen MR) is 221 cm³/mol. The number of fused-ring (bicyclic) bond motifs is 4. The molecule has 0 radical (unpaired) electrons. The van der Waals surface area contributed by atoms with Crippen molar-refractivity contribution < 1.29 is 9.47 Å². The van der Waals surface area contributed by atoms with Crippen molar-refractivity contribution in [2.24, 2.45) is 0 Å². The van der Waals surface area contributed by atoms with Crippen LogP contribution in [0.3, 0.4) is 0 Å². The Balaban J connectivity index is 1.79. The third kappa shape index (κ3) is 6.41. The van der Waals surface area contributed by atoms with Gasteiger partial charge in [-0.05, 0) is 124 Å². The summed E-state index contributed by atoms with van der Waals surface area (Å²) in [5, 5.41) is 4.21. The number of anilines is 1. The van der Waals surface area contributed by atoms with Gasteiger partial charge in [-0.1, -0.05) is 113 Å². The SMILES string of the molecule is COc1c(C(C)(C)C)cc(P(c2cc(C(C)(C)C)c(OC)c(C(C)(C)C)c2)c2cccc3c2[C@]2(CCc4cccc(N)c42)CC3)cc1C(C)(C)C. The number of hydrogen-bond donors (Lipinski definition) is 1. The zero-order valence-corrected chi connectivity index (χ0v) is 34.8. The fraction of sp³-hybridized carbons (Fsp3) is 0.489. The van der Waals surface area contributed by atoms with Crippen LogP contribution in [-0.4, -0.2) is 14.2 Å². The van der Waals surface area contributed by atoms with Gasteiger partial charge in [0.05, 0.1) is 14.2 Å². The van der Waals surface area contributed by atoms with Gasteiger partial charge in [-0.2, -0.15) is 0 Å². The normalized spacial score (nSPS) is 17.6. The largest absolute Gasteiger partial charge is 0.496 e. The van der Waals surface area contributed by atoms with Gasteiger partial charge in [-0.15, -0.1) is 0 Å². The molecule has 0 bridgehead atoms. The minimum Gasteiger partial charge on any atom is -0.496 e. The summed E-state index contributed by atoms with van der Waals surface area (Å²) in [5.41, 5.74) is 18.2. The van der Waals surface area contributed by atoms with Crippen LogP contribution >= 0.6 is 7.92 Å². The van der Waals surface area contributed by atoms with Crippen molar-refractivity contribution >= 4 is 29.5 Å². The van der Waals surface area contributed by atoms with E-state index in [0.717, 1.165) is 42.9 Å². The molecular formula is C47H62NO2P. The number of benzene rings is 4. The van der Waals surface area contributed by atoms with Crippen molar-refractivity contribution in [3.63, 3.8) is 0 Å². The Bertz CT molecular complexity index is 1820. The molecular weight excluding hydrogens is 641 g/mol. The molecule has 0 fully saturated rings. The molecule has 0 amide bonds. The highest BCUT2D eigenvalue weighted by Crippen LogP contribution is 2.56. The monoisotopic (exact) mass is 703 g/mol. The molecule has 2 N–H and O–H groups in total. The summed E-state index contributed by atoms with van der Waals surface area (Å²) in [5.74, 6) is 2.03. The Kier molecular flexibility index (Phi) is 9.32. The van der Waals surface area contributed by atoms with Crippen LogP contribution in [0, 0.1) is 0 Å². The number of nitrogen functional groups attached to an aromatic ring is 1. The molecule has 4 aromatic carbocycles. The number of rotatable bonds is 5. The lowest BCUT2D eigenvalue weighted by molar-refractivity contribution is 0.381. The van der Waals surface area contributed by atoms with Gasteiger partial charge in [0.15, 0.2) is 0 Å². The van der Waals surface area contributed by atoms with Crippen LogP contribution in [0.4, 0.5) is 5.69 Å². The fourth-order valence-electron chi connectivity index (χ4n) is 8.97. The van der Waals surface area contributed by atoms with E-state index in [0.29, 0.717) is 0 Å². The van der Waals surface area contributed by atoms with Crippen LogP contribution in [0.25, 0.3) is 0 Å². The zero-order chi connectivity index (χ0) is 37.5. The highest BCUT2D eigenvalue weighted by molar-refractivity contribution is 7.80. The Morgan fingerprint density at radius 3 is 1.29 bits per heavy atom. The van der Waals surface area contributed by atoms with Gasteiger partial charge < -0.3 is 15.2 Å². The second-order valence-corrected chi connectivity index (χ2v) is 21.4. The Morgan fingerprint density at radius 2 is 0.922 bits per heavy atom. The maximum Gasteiger partial charge on any atom is 0.126 e. The maximum atomic E-state index is 6.94. The van der Waals surface area contributed by atoms with E-state index in [-0.39, 0.29) is 27.1 Å². The van der Waals surface area contributed by atoms with Crippen LogP contribution in [0.2, 0.25) is 0 Å². The lowest BCUT2D eigenvalue weighted by atomic mass is 9.76. The number of methoxy groups -OCH3 is 2. The lowest BCUT2D eigenvalue weighted by Crippen LogP contribution is -2.34. The second-order valence-electron chi connectivity index (χ2n) is 19.3. The van der Waals surface area contributed by atoms with Gasteiger partial charge in [0, 0.05) is 33.4 Å². The first-order chi connectivity index (χ1) is 23.6. The number of nitrogens with two attached hydrogens (primary N) is 1. The van der Waals surface area contributed by atoms with Crippen molar-refractivity contribution in [1.82, 2.24) is 0 Å². The molecule has 4 aromatic rings. The highest BCUT2D eigenvalue weighted by Gasteiger charge is 2.48. The summed E-state index contributed by atoms with van der Waals surface area (Å²) < 4.78 is 12.6. The molecule has 0 heterocycles. The third-order valence-corrected chi connectivity index (χ3v) is 13.9. The molecule has 272 valence electrons. The molecule has 6 rings (SSSR count). The Hall–Kier alpha value is -3.29. The third-order valence-electron chi connectivity index (χ3n) is 11.5. The standard InChI is InChI=1S/C47H62NO2P/c1-43(2,3)33-25-31(26-34(41(33)49-13)44(4,5)6)51(32-27-35(45(7,8)9)42(50-14)36(28-32)46(10,11)12)38-20-16-18-30-22-24-47(40(30)38)23-21-29-17-15-19-37(48)39(29)47/h15-20,25-28H,21-24,48H2,1-14H3/t47-/m1/s1. The summed E-state index contributed by atoms with van der Waals surface area (Å²) >= 11 is 0. The smallest absolute Gasteiger partial charge is 0.126 e. The van der Waals surface area contributed by atoms with Crippen LogP contribution in [0.5, 0.6) is 11.5 Å². The van der Waals surface area contributed by atoms with E-state index in [4.69, 9.17) is 15.2 Å². The molecule has 0 aromatic heterocycles. The van der Waals surface area contributed by atoms with Crippen molar-refractivity contribution in [2.45, 2.75) is 136 Å². The van der Waals surface area contributed by atoms with Gasteiger partial charge in [0.25, 0.3) is 0 Å². The zero-order valence-electron chi connectivity index (χ0n) is 33.9. The molecule has 1 spiro atoms. The van der Waals surface area contributed by atoms with E-state index < -0.39 is 7.92 Å². The van der Waals surface area contributed by atoms with Crippen molar-refractivity contribution in [1.29, 1.82) is 0 Å². The van der Waals surface area contributed by atoms with Crippen molar-refractivity contribution in [3.8, 4) is 11.5 Å². The van der Waals surface area contributed by atoms with E-state index in [9.17, 15) is 0 Å². The predicted octanol–water partition coefficient (Wildman–Crippen LogP) is 10.4. The minimum absolute atomic E-state index is 0.0778. The summed E-state index contributed by atoms with van der Waals surface area (Å²) in [6.45, 7) is 27.8. The van der Waals surface area contributed by atoms with E-state index in [2.05, 4.69) is 144 Å². The minimum atomic E-state index is -1.03. The molecule has 0 saturated heterocycles. The highest BCUT2D eigenvalue weighted by atomic mass is 31.1. The molecule has 0 saturated carbocycles. The average Bonchev–Trinajstić information content (AvgIpc) is 3.60. The molecule has 51 heavy (non-hydrogen) atoms. The summed E-state index contributed by atoms with van der Waals surface area (Å²) in [4.78, 5) is 0. The number of hydrogen-bond acceptors (Lipinski definition) is 3. The van der Waals surface area contributed by atoms with Gasteiger partial charge >= 0.3 is 0 Å². The Morgan fingerprint density at radius 1 is 0.549 bits per heavy atom. The van der Waals surface area contributed by atoms with Crippen LogP contribution in [0.1, 0.15) is 140 Å². The fourth-order valence-corrected chi connectivity index (χ4v) is 11.7. The van der Waals surface area contributed by atoms with E-state index >= 15 is 0 Å². The summed E-state index contributed by atoms with van der Waals surface area (Å²) in [6.07, 6.45) is 4.36. The topological polar surface area (TPSA) is 44.5 Å². The summed E-state index contributed by atoms with van der Waals surface area (Å²) in [7, 11) is 2.65. The van der Waals surface area contributed by atoms with Crippen LogP contribution in [0.15, 0.2) is 60.7 Å². The van der Waals surface area contributed by atoms with E-state index in [1.54, 1.807) is 0 Å². The molecule has 0 aliphatic heterocycles. The molecule has 2 aliphatic rings. The van der Waals surface area contributed by atoms with Crippen molar-refractivity contribution in [3.05, 3.63) is 105 Å². The first kappa shape index (κ1) is 37.5. The van der Waals surface area contributed by atoms with Gasteiger partial charge in [-0.25, -0.2) is 0 Å². The number of aryl methyl sites for hydroxylation is 2. The van der Waals surface area contributed by atoms with E-state index in [1.165, 1.54) is 60.4 Å². The Labute approximate surface area is 310 Å². The molecule has 1 atom stereocenters. The summed E-state index contributed by atoms with van der Waals surface area (Å²) in [6, 6.07) is 23.7. The first-order valence-corrected chi connectivity index (χ1v) is 20.2. The lowest BCUT2D eigenvalue weighted by Gasteiger charge is -2.36. The van der Waals surface area contributed by atoms with Gasteiger partial charge in [-0.3, -0.25) is 0 Å². The van der Waals surface area contributed by atoms with Crippen LogP contribution < -0.4 is 31.1 Å². The van der Waals surface area contributed by atoms with E-state index in [1.807, 2.05) is 14.2 Å². The molecule has 0 unspecified atom stereocenters. The number of ether oxygens (including phenoxy) is 2. The maximum absolute atomic E-state index is 6.94. The molecule has 2 aliphatic carbocycles. The van der Waals surface area contributed by atoms with Crippen molar-refractivity contribution in [2.75, 3.05) is 20.0 Å². The molecule has 4 heteroatoms. The second kappa shape index (κ2) is 12.7. The first-order valence-electron chi connectivity index (χ1n) is 18.9.